The lowest BCUT2D eigenvalue weighted by Crippen LogP contribution is -2.00. The van der Waals surface area contributed by atoms with Crippen LogP contribution in [0.5, 0.6) is 0 Å². The average molecular weight is 526 g/mol. The number of aromatic nitrogens is 3. The molecule has 8 aromatic rings. The number of nitrogens with zero attached hydrogens (tertiary/aromatic N) is 3. The van der Waals surface area contributed by atoms with Crippen LogP contribution in [-0.2, 0) is 0 Å². The molecule has 4 heteroatoms. The van der Waals surface area contributed by atoms with Gasteiger partial charge in [0.2, 0.25) is 0 Å². The molecule has 6 aromatic carbocycles. The van der Waals surface area contributed by atoms with Gasteiger partial charge in [-0.1, -0.05) is 103 Å². The number of rotatable bonds is 4. The van der Waals surface area contributed by atoms with Gasteiger partial charge in [-0.05, 0) is 58.3 Å². The Morgan fingerprint density at radius 2 is 0.854 bits per heavy atom. The lowest BCUT2D eigenvalue weighted by atomic mass is 10.00. The van der Waals surface area contributed by atoms with Crippen LogP contribution in [0.1, 0.15) is 0 Å². The maximum absolute atomic E-state index is 6.05. The van der Waals surface area contributed by atoms with E-state index in [0.29, 0.717) is 17.5 Å². The highest BCUT2D eigenvalue weighted by Crippen LogP contribution is 2.33. The van der Waals surface area contributed by atoms with E-state index < -0.39 is 0 Å². The highest BCUT2D eigenvalue weighted by atomic mass is 16.3. The fourth-order valence-corrected chi connectivity index (χ4v) is 5.41. The van der Waals surface area contributed by atoms with E-state index in [1.165, 1.54) is 16.5 Å². The van der Waals surface area contributed by atoms with Crippen LogP contribution >= 0.6 is 0 Å². The van der Waals surface area contributed by atoms with Crippen LogP contribution < -0.4 is 0 Å². The van der Waals surface area contributed by atoms with Crippen molar-refractivity contribution in [2.24, 2.45) is 0 Å². The Hall–Kier alpha value is -5.61. The van der Waals surface area contributed by atoms with Gasteiger partial charge in [0, 0.05) is 27.5 Å². The molecule has 192 valence electrons. The monoisotopic (exact) mass is 525 g/mol. The summed E-state index contributed by atoms with van der Waals surface area (Å²) >= 11 is 0. The van der Waals surface area contributed by atoms with Crippen LogP contribution in [0.4, 0.5) is 0 Å². The molecule has 0 spiro atoms. The predicted octanol–water partition coefficient (Wildman–Crippen LogP) is 9.59. The molecular formula is C37H23N3O. The molecule has 2 aromatic heterocycles. The first kappa shape index (κ1) is 23.3. The molecule has 0 bridgehead atoms. The third-order valence-corrected chi connectivity index (χ3v) is 7.51. The Kier molecular flexibility index (Phi) is 5.42. The molecule has 0 amide bonds. The molecule has 4 nitrogen and oxygen atoms in total. The summed E-state index contributed by atoms with van der Waals surface area (Å²) in [6.07, 6.45) is 0. The second-order valence-electron chi connectivity index (χ2n) is 10.1. The first-order chi connectivity index (χ1) is 20.3. The summed E-state index contributed by atoms with van der Waals surface area (Å²) in [5, 5.41) is 4.43. The third kappa shape index (κ3) is 4.23. The first-order valence-electron chi connectivity index (χ1n) is 13.6. The molecule has 41 heavy (non-hydrogen) atoms. The minimum Gasteiger partial charge on any atom is -0.456 e. The molecule has 0 aliphatic carbocycles. The van der Waals surface area contributed by atoms with E-state index in [4.69, 9.17) is 19.4 Å². The van der Waals surface area contributed by atoms with E-state index in [9.17, 15) is 0 Å². The smallest absolute Gasteiger partial charge is 0.164 e. The van der Waals surface area contributed by atoms with Crippen LogP contribution in [0.3, 0.4) is 0 Å². The highest BCUT2D eigenvalue weighted by Gasteiger charge is 2.15. The lowest BCUT2D eigenvalue weighted by Gasteiger charge is -2.10. The van der Waals surface area contributed by atoms with Crippen molar-refractivity contribution in [1.29, 1.82) is 0 Å². The standard InChI is InChI=1S/C37H23N3O/c1-3-9-24(10-4-1)26-15-16-28-22-29(18-17-27(28)21-26)36-38-35(25-11-5-2-6-12-25)39-37(40-36)30-19-20-34-32(23-30)31-13-7-8-14-33(31)41-34/h1-23H. The summed E-state index contributed by atoms with van der Waals surface area (Å²) in [6.45, 7) is 0. The topological polar surface area (TPSA) is 51.8 Å². The Morgan fingerprint density at radius 3 is 1.59 bits per heavy atom. The van der Waals surface area contributed by atoms with E-state index in [1.807, 2.05) is 66.7 Å². The fraction of sp³-hybridized carbons (Fsp3) is 0. The van der Waals surface area contributed by atoms with Crippen LogP contribution in [0.25, 0.3) is 78.0 Å². The van der Waals surface area contributed by atoms with Crippen molar-refractivity contribution in [3.63, 3.8) is 0 Å². The van der Waals surface area contributed by atoms with Crippen LogP contribution in [0.15, 0.2) is 144 Å². The Balaban J connectivity index is 1.27. The summed E-state index contributed by atoms with van der Waals surface area (Å²) in [6, 6.07) is 47.7. The number of hydrogen-bond donors (Lipinski definition) is 0. The van der Waals surface area contributed by atoms with Gasteiger partial charge >= 0.3 is 0 Å². The zero-order valence-corrected chi connectivity index (χ0v) is 22.0. The molecule has 0 fully saturated rings. The summed E-state index contributed by atoms with van der Waals surface area (Å²) in [4.78, 5) is 14.8. The second kappa shape index (κ2) is 9.54. The zero-order chi connectivity index (χ0) is 27.2. The number of fused-ring (bicyclic) bond motifs is 4. The number of para-hydroxylation sites is 1. The normalized spacial score (nSPS) is 11.4. The minimum atomic E-state index is 0.626. The molecule has 0 N–H and O–H groups in total. The maximum Gasteiger partial charge on any atom is 0.164 e. The van der Waals surface area contributed by atoms with E-state index in [0.717, 1.165) is 44.0 Å². The summed E-state index contributed by atoms with van der Waals surface area (Å²) in [5.74, 6) is 1.91. The largest absolute Gasteiger partial charge is 0.456 e. The van der Waals surface area contributed by atoms with Crippen LogP contribution in [-0.4, -0.2) is 15.0 Å². The molecule has 0 saturated carbocycles. The summed E-state index contributed by atoms with van der Waals surface area (Å²) in [7, 11) is 0. The first-order valence-corrected chi connectivity index (χ1v) is 13.6. The van der Waals surface area contributed by atoms with Crippen molar-refractivity contribution in [3.8, 4) is 45.3 Å². The summed E-state index contributed by atoms with van der Waals surface area (Å²) in [5.41, 5.74) is 6.92. The van der Waals surface area contributed by atoms with E-state index in [2.05, 4.69) is 72.8 Å². The van der Waals surface area contributed by atoms with Gasteiger partial charge in [-0.15, -0.1) is 0 Å². The van der Waals surface area contributed by atoms with Gasteiger partial charge in [-0.3, -0.25) is 0 Å². The molecule has 8 rings (SSSR count). The molecule has 0 aliphatic rings. The third-order valence-electron chi connectivity index (χ3n) is 7.51. The van der Waals surface area contributed by atoms with Gasteiger partial charge in [0.1, 0.15) is 11.2 Å². The molecule has 2 heterocycles. The molecule has 0 radical (unpaired) electrons. The van der Waals surface area contributed by atoms with Crippen molar-refractivity contribution in [1.82, 2.24) is 15.0 Å². The zero-order valence-electron chi connectivity index (χ0n) is 22.0. The van der Waals surface area contributed by atoms with Gasteiger partial charge < -0.3 is 4.42 Å². The number of benzene rings is 6. The maximum atomic E-state index is 6.05. The number of hydrogen-bond acceptors (Lipinski definition) is 4. The van der Waals surface area contributed by atoms with Crippen molar-refractivity contribution in [2.45, 2.75) is 0 Å². The second-order valence-corrected chi connectivity index (χ2v) is 10.1. The van der Waals surface area contributed by atoms with E-state index in [-0.39, 0.29) is 0 Å². The molecule has 0 saturated heterocycles. The average Bonchev–Trinajstić information content (AvgIpc) is 3.43. The minimum absolute atomic E-state index is 0.626. The molecular weight excluding hydrogens is 502 g/mol. The van der Waals surface area contributed by atoms with E-state index in [1.54, 1.807) is 0 Å². The van der Waals surface area contributed by atoms with Gasteiger partial charge in [0.25, 0.3) is 0 Å². The quantitative estimate of drug-likeness (QED) is 0.230. The fourth-order valence-electron chi connectivity index (χ4n) is 5.41. The summed E-state index contributed by atoms with van der Waals surface area (Å²) < 4.78 is 6.05. The van der Waals surface area contributed by atoms with Gasteiger partial charge in [-0.25, -0.2) is 15.0 Å². The van der Waals surface area contributed by atoms with Crippen molar-refractivity contribution >= 4 is 32.7 Å². The lowest BCUT2D eigenvalue weighted by molar-refractivity contribution is 0.669. The van der Waals surface area contributed by atoms with Crippen molar-refractivity contribution in [2.75, 3.05) is 0 Å². The Bertz CT molecular complexity index is 2200. The Labute approximate surface area is 236 Å². The van der Waals surface area contributed by atoms with Crippen molar-refractivity contribution in [3.05, 3.63) is 140 Å². The molecule has 0 aliphatic heterocycles. The van der Waals surface area contributed by atoms with Crippen molar-refractivity contribution < 1.29 is 4.42 Å². The van der Waals surface area contributed by atoms with Gasteiger partial charge in [0.05, 0.1) is 0 Å². The molecule has 0 atom stereocenters. The Morgan fingerprint density at radius 1 is 0.341 bits per heavy atom. The van der Waals surface area contributed by atoms with Crippen LogP contribution in [0, 0.1) is 0 Å². The highest BCUT2D eigenvalue weighted by molar-refractivity contribution is 6.06. The van der Waals surface area contributed by atoms with E-state index >= 15 is 0 Å². The number of furan rings is 1. The van der Waals surface area contributed by atoms with Crippen LogP contribution in [0.2, 0.25) is 0 Å². The van der Waals surface area contributed by atoms with Gasteiger partial charge in [-0.2, -0.15) is 0 Å². The SMILES string of the molecule is c1ccc(-c2ccc3cc(-c4nc(-c5ccccc5)nc(-c5ccc6oc7ccccc7c6c5)n4)ccc3c2)cc1. The molecule has 0 unspecified atom stereocenters. The van der Waals surface area contributed by atoms with Gasteiger partial charge in [0.15, 0.2) is 17.5 Å². The predicted molar refractivity (Wildman–Crippen MR) is 166 cm³/mol.